The van der Waals surface area contributed by atoms with Gasteiger partial charge in [0, 0.05) is 31.9 Å². The Morgan fingerprint density at radius 2 is 2.23 bits per heavy atom. The van der Waals surface area contributed by atoms with E-state index in [0.717, 1.165) is 5.56 Å². The minimum Gasteiger partial charge on any atom is -0.478 e. The summed E-state index contributed by atoms with van der Waals surface area (Å²) < 4.78 is 7.00. The first-order valence-corrected chi connectivity index (χ1v) is 6.61. The minimum atomic E-state index is -1.04. The van der Waals surface area contributed by atoms with Gasteiger partial charge in [0.25, 0.3) is 0 Å². The molecule has 0 bridgehead atoms. The van der Waals surface area contributed by atoms with Crippen molar-refractivity contribution in [2.75, 3.05) is 7.05 Å². The summed E-state index contributed by atoms with van der Waals surface area (Å²) in [7, 11) is 3.42. The monoisotopic (exact) mass is 303 g/mol. The highest BCUT2D eigenvalue weighted by molar-refractivity contribution is 5.91. The average Bonchev–Trinajstić information content (AvgIpc) is 3.02. The van der Waals surface area contributed by atoms with Gasteiger partial charge in [0.15, 0.2) is 0 Å². The van der Waals surface area contributed by atoms with Crippen LogP contribution in [0.1, 0.15) is 27.4 Å². The Bertz CT molecular complexity index is 727. The van der Waals surface area contributed by atoms with E-state index in [-0.39, 0.29) is 18.0 Å². The SMILES string of the molecule is Cc1oc(CN(C)C(=O)/C=C/c2cnn(C)c2)cc1C(=O)O. The van der Waals surface area contributed by atoms with E-state index >= 15 is 0 Å². The highest BCUT2D eigenvalue weighted by Crippen LogP contribution is 2.16. The number of carboxylic acid groups (broad SMARTS) is 1. The molecule has 0 spiro atoms. The zero-order valence-electron chi connectivity index (χ0n) is 12.6. The number of hydrogen-bond donors (Lipinski definition) is 1. The van der Waals surface area contributed by atoms with Gasteiger partial charge in [-0.25, -0.2) is 4.79 Å². The van der Waals surface area contributed by atoms with Crippen LogP contribution in [0.25, 0.3) is 6.08 Å². The third-order valence-electron chi connectivity index (χ3n) is 3.11. The van der Waals surface area contributed by atoms with Crippen LogP contribution in [0.15, 0.2) is 29.0 Å². The summed E-state index contributed by atoms with van der Waals surface area (Å²) in [5.41, 5.74) is 0.938. The maximum absolute atomic E-state index is 12.0. The molecule has 7 heteroatoms. The Morgan fingerprint density at radius 1 is 1.50 bits per heavy atom. The van der Waals surface area contributed by atoms with Gasteiger partial charge in [0.1, 0.15) is 17.1 Å². The largest absolute Gasteiger partial charge is 0.478 e. The molecule has 0 atom stereocenters. The predicted molar refractivity (Wildman–Crippen MR) is 79.1 cm³/mol. The number of rotatable bonds is 5. The molecule has 0 aliphatic heterocycles. The summed E-state index contributed by atoms with van der Waals surface area (Å²) in [6, 6.07) is 1.44. The Hall–Kier alpha value is -2.83. The summed E-state index contributed by atoms with van der Waals surface area (Å²) in [5, 5.41) is 13.0. The van der Waals surface area contributed by atoms with Crippen LogP contribution in [0.5, 0.6) is 0 Å². The number of carbonyl (C=O) groups is 2. The van der Waals surface area contributed by atoms with Gasteiger partial charge in [0.05, 0.1) is 12.7 Å². The lowest BCUT2D eigenvalue weighted by atomic mass is 10.2. The molecule has 0 aromatic carbocycles. The van der Waals surface area contributed by atoms with Crippen molar-refractivity contribution in [1.29, 1.82) is 0 Å². The third kappa shape index (κ3) is 3.63. The lowest BCUT2D eigenvalue weighted by Crippen LogP contribution is -2.23. The van der Waals surface area contributed by atoms with Crippen molar-refractivity contribution in [2.45, 2.75) is 13.5 Å². The number of aryl methyl sites for hydroxylation is 2. The van der Waals surface area contributed by atoms with Crippen molar-refractivity contribution < 1.29 is 19.1 Å². The fraction of sp³-hybridized carbons (Fsp3) is 0.267. The molecule has 7 nitrogen and oxygen atoms in total. The van der Waals surface area contributed by atoms with Gasteiger partial charge in [-0.2, -0.15) is 5.10 Å². The number of nitrogens with zero attached hydrogens (tertiary/aromatic N) is 3. The van der Waals surface area contributed by atoms with E-state index in [9.17, 15) is 9.59 Å². The Labute approximate surface area is 127 Å². The highest BCUT2D eigenvalue weighted by Gasteiger charge is 2.15. The summed E-state index contributed by atoms with van der Waals surface area (Å²) in [5.74, 6) is -0.498. The molecule has 0 aliphatic carbocycles. The van der Waals surface area contributed by atoms with Crippen molar-refractivity contribution in [1.82, 2.24) is 14.7 Å². The minimum absolute atomic E-state index is 0.113. The van der Waals surface area contributed by atoms with Crippen LogP contribution in [-0.2, 0) is 18.4 Å². The number of carboxylic acids is 1. The molecular formula is C15H17N3O4. The van der Waals surface area contributed by atoms with Crippen LogP contribution in [0.3, 0.4) is 0 Å². The molecule has 0 saturated heterocycles. The second-order valence-corrected chi connectivity index (χ2v) is 4.96. The smallest absolute Gasteiger partial charge is 0.339 e. The molecule has 0 unspecified atom stereocenters. The first-order valence-electron chi connectivity index (χ1n) is 6.61. The number of likely N-dealkylation sites (N-methyl/N-ethyl adjacent to an activating group) is 1. The zero-order valence-corrected chi connectivity index (χ0v) is 12.6. The maximum atomic E-state index is 12.0. The third-order valence-corrected chi connectivity index (χ3v) is 3.11. The van der Waals surface area contributed by atoms with Crippen LogP contribution >= 0.6 is 0 Å². The van der Waals surface area contributed by atoms with Gasteiger partial charge in [-0.3, -0.25) is 9.48 Å². The van der Waals surface area contributed by atoms with Crippen molar-refractivity contribution in [2.24, 2.45) is 7.05 Å². The van der Waals surface area contributed by atoms with Gasteiger partial charge in [-0.1, -0.05) is 0 Å². The van der Waals surface area contributed by atoms with E-state index in [1.54, 1.807) is 44.2 Å². The normalized spacial score (nSPS) is 11.0. The lowest BCUT2D eigenvalue weighted by Gasteiger charge is -2.12. The number of amides is 1. The summed E-state index contributed by atoms with van der Waals surface area (Å²) in [4.78, 5) is 24.4. The molecule has 0 radical (unpaired) electrons. The van der Waals surface area contributed by atoms with E-state index in [1.807, 2.05) is 0 Å². The van der Waals surface area contributed by atoms with Crippen LogP contribution in [0.2, 0.25) is 0 Å². The molecule has 2 aromatic heterocycles. The topological polar surface area (TPSA) is 88.6 Å². The number of carbonyl (C=O) groups excluding carboxylic acids is 1. The van der Waals surface area contributed by atoms with Gasteiger partial charge >= 0.3 is 5.97 Å². The highest BCUT2D eigenvalue weighted by atomic mass is 16.4. The van der Waals surface area contributed by atoms with E-state index in [4.69, 9.17) is 9.52 Å². The second-order valence-electron chi connectivity index (χ2n) is 4.96. The Morgan fingerprint density at radius 3 is 2.77 bits per heavy atom. The molecule has 1 N–H and O–H groups in total. The van der Waals surface area contributed by atoms with Crippen molar-refractivity contribution in [3.63, 3.8) is 0 Å². The molecular weight excluding hydrogens is 286 g/mol. The van der Waals surface area contributed by atoms with Crippen molar-refractivity contribution >= 4 is 18.0 Å². The molecule has 1 amide bonds. The quantitative estimate of drug-likeness (QED) is 0.849. The Kier molecular flexibility index (Phi) is 4.45. The summed E-state index contributed by atoms with van der Waals surface area (Å²) in [6.45, 7) is 1.78. The predicted octanol–water partition coefficient (Wildman–Crippen LogP) is 1.69. The number of furan rings is 1. The van der Waals surface area contributed by atoms with E-state index in [0.29, 0.717) is 11.5 Å². The first kappa shape index (κ1) is 15.6. The molecule has 22 heavy (non-hydrogen) atoms. The number of aromatic nitrogens is 2. The van der Waals surface area contributed by atoms with Gasteiger partial charge in [0.2, 0.25) is 5.91 Å². The summed E-state index contributed by atoms with van der Waals surface area (Å²) >= 11 is 0. The first-order chi connectivity index (χ1) is 10.4. The van der Waals surface area contributed by atoms with E-state index < -0.39 is 5.97 Å². The van der Waals surface area contributed by atoms with Crippen LogP contribution in [-0.4, -0.2) is 38.7 Å². The number of hydrogen-bond acceptors (Lipinski definition) is 4. The fourth-order valence-corrected chi connectivity index (χ4v) is 1.97. The van der Waals surface area contributed by atoms with Crippen LogP contribution in [0, 0.1) is 6.92 Å². The molecule has 2 rings (SSSR count). The van der Waals surface area contributed by atoms with Gasteiger partial charge in [-0.05, 0) is 19.1 Å². The van der Waals surface area contributed by atoms with Crippen molar-refractivity contribution in [3.05, 3.63) is 47.2 Å². The molecule has 0 aliphatic rings. The molecule has 0 fully saturated rings. The fourth-order valence-electron chi connectivity index (χ4n) is 1.97. The summed E-state index contributed by atoms with van der Waals surface area (Å²) in [6.07, 6.45) is 6.55. The van der Waals surface area contributed by atoms with Gasteiger partial charge in [-0.15, -0.1) is 0 Å². The average molecular weight is 303 g/mol. The Balaban J connectivity index is 2.00. The van der Waals surface area contributed by atoms with E-state index in [1.165, 1.54) is 17.0 Å². The molecule has 2 aromatic rings. The molecule has 2 heterocycles. The second kappa shape index (κ2) is 6.30. The number of aromatic carboxylic acids is 1. The lowest BCUT2D eigenvalue weighted by molar-refractivity contribution is -0.125. The van der Waals surface area contributed by atoms with E-state index in [2.05, 4.69) is 5.10 Å². The van der Waals surface area contributed by atoms with Crippen molar-refractivity contribution in [3.8, 4) is 0 Å². The van der Waals surface area contributed by atoms with Gasteiger partial charge < -0.3 is 14.4 Å². The van der Waals surface area contributed by atoms with Crippen LogP contribution < -0.4 is 0 Å². The van der Waals surface area contributed by atoms with Crippen LogP contribution in [0.4, 0.5) is 0 Å². The molecule has 0 saturated carbocycles. The molecule has 116 valence electrons. The standard InChI is InChI=1S/C15H17N3O4/c1-10-13(15(20)21)6-12(22-10)9-17(2)14(19)5-4-11-7-16-18(3)8-11/h4-8H,9H2,1-3H3,(H,20,21)/b5-4+. The maximum Gasteiger partial charge on any atom is 0.339 e. The zero-order chi connectivity index (χ0) is 16.3.